The molecule has 0 saturated carbocycles. The van der Waals surface area contributed by atoms with Crippen molar-refractivity contribution in [3.63, 3.8) is 0 Å². The molecule has 1 atom stereocenters. The molecule has 0 spiro atoms. The maximum Gasteiger partial charge on any atom is 0.308 e. The predicted molar refractivity (Wildman–Crippen MR) is 146 cm³/mol. The molecule has 4 rings (SSSR count). The zero-order valence-electron chi connectivity index (χ0n) is 22.8. The van der Waals surface area contributed by atoms with Gasteiger partial charge >= 0.3 is 11.8 Å². The van der Waals surface area contributed by atoms with E-state index in [-0.39, 0.29) is 49.2 Å². The second-order valence-corrected chi connectivity index (χ2v) is 10.4. The van der Waals surface area contributed by atoms with E-state index < -0.39 is 35.0 Å². The third-order valence-corrected chi connectivity index (χ3v) is 6.12. The Labute approximate surface area is 234 Å². The maximum atomic E-state index is 14.9. The quantitative estimate of drug-likeness (QED) is 0.176. The predicted octanol–water partition coefficient (Wildman–Crippen LogP) is 1.37. The minimum atomic E-state index is -1.03. The van der Waals surface area contributed by atoms with Crippen LogP contribution in [0.25, 0.3) is 10.9 Å². The number of nitrogens with two attached hydrogens (primary N) is 1. The number of para-hydroxylation sites is 1. The number of aliphatic hydroxyl groups excluding tert-OH is 1. The Morgan fingerprint density at radius 3 is 2.49 bits per heavy atom. The van der Waals surface area contributed by atoms with Gasteiger partial charge in [-0.2, -0.15) is 5.10 Å². The Morgan fingerprint density at radius 2 is 1.80 bits per heavy atom. The molecule has 14 heteroatoms. The van der Waals surface area contributed by atoms with E-state index in [2.05, 4.69) is 31.2 Å². The maximum absolute atomic E-state index is 14.9. The number of aromatic nitrogens is 4. The molecule has 0 radical (unpaired) electrons. The van der Waals surface area contributed by atoms with Gasteiger partial charge in [-0.25, -0.2) is 4.39 Å². The molecule has 3 amide bonds. The van der Waals surface area contributed by atoms with Crippen LogP contribution in [0.15, 0.2) is 46.9 Å². The smallest absolute Gasteiger partial charge is 0.308 e. The molecule has 0 aliphatic rings. The van der Waals surface area contributed by atoms with E-state index in [9.17, 15) is 18.8 Å². The first kappa shape index (κ1) is 29.1. The first-order valence-electron chi connectivity index (χ1n) is 12.8. The van der Waals surface area contributed by atoms with Crippen LogP contribution in [0.1, 0.15) is 53.4 Å². The number of hydrogen-bond donors (Lipinski definition) is 5. The molecule has 2 aromatic heterocycles. The lowest BCUT2D eigenvalue weighted by Gasteiger charge is -2.30. The van der Waals surface area contributed by atoms with Crippen molar-refractivity contribution in [3.8, 4) is 0 Å². The highest BCUT2D eigenvalue weighted by molar-refractivity contribution is 6.06. The molecule has 0 fully saturated rings. The van der Waals surface area contributed by atoms with Gasteiger partial charge in [0.15, 0.2) is 5.69 Å². The minimum absolute atomic E-state index is 0.0157. The average molecular weight is 567 g/mol. The summed E-state index contributed by atoms with van der Waals surface area (Å²) in [6, 6.07) is 10.4. The van der Waals surface area contributed by atoms with Gasteiger partial charge in [0.05, 0.1) is 19.7 Å². The van der Waals surface area contributed by atoms with E-state index in [4.69, 9.17) is 15.3 Å². The number of nitrogens with zero attached hydrogens (tertiary/aromatic N) is 4. The number of nitrogen functional groups attached to an aromatic ring is 1. The van der Waals surface area contributed by atoms with E-state index >= 15 is 0 Å². The van der Waals surface area contributed by atoms with Gasteiger partial charge in [0.25, 0.3) is 5.91 Å². The zero-order valence-corrected chi connectivity index (χ0v) is 22.8. The van der Waals surface area contributed by atoms with Crippen LogP contribution >= 0.6 is 0 Å². The summed E-state index contributed by atoms with van der Waals surface area (Å²) in [5.41, 5.74) is 6.53. The molecule has 6 N–H and O–H groups in total. The number of rotatable bonds is 10. The summed E-state index contributed by atoms with van der Waals surface area (Å²) in [5, 5.41) is 28.6. The van der Waals surface area contributed by atoms with Crippen molar-refractivity contribution in [2.75, 3.05) is 18.9 Å². The second-order valence-electron chi connectivity index (χ2n) is 10.4. The SMILES string of the molecule is CC(C)(C)C(NC(=O)c1nn(Cc2ccc(N)cc2)c2c(F)cccc12)C(=O)NCc1nnc(C(=O)NCCO)o1. The highest BCUT2D eigenvalue weighted by Crippen LogP contribution is 2.25. The van der Waals surface area contributed by atoms with E-state index in [0.717, 1.165) is 5.56 Å². The van der Waals surface area contributed by atoms with Crippen LogP contribution < -0.4 is 21.7 Å². The number of carbonyl (C=O) groups is 3. The van der Waals surface area contributed by atoms with Crippen LogP contribution in [-0.4, -0.2) is 62.0 Å². The number of halogens is 1. The molecule has 4 aromatic rings. The Morgan fingerprint density at radius 1 is 1.07 bits per heavy atom. The molecular formula is C27H31FN8O5. The first-order valence-corrected chi connectivity index (χ1v) is 12.8. The highest BCUT2D eigenvalue weighted by atomic mass is 19.1. The monoisotopic (exact) mass is 566 g/mol. The number of hydrogen-bond acceptors (Lipinski definition) is 9. The molecule has 2 heterocycles. The molecule has 13 nitrogen and oxygen atoms in total. The Balaban J connectivity index is 1.52. The van der Waals surface area contributed by atoms with Crippen molar-refractivity contribution in [2.45, 2.75) is 39.9 Å². The van der Waals surface area contributed by atoms with Crippen LogP contribution in [0, 0.1) is 11.2 Å². The topological polar surface area (TPSA) is 190 Å². The third-order valence-electron chi connectivity index (χ3n) is 6.12. The second kappa shape index (κ2) is 12.1. The molecule has 0 aliphatic heterocycles. The summed E-state index contributed by atoms with van der Waals surface area (Å²) in [7, 11) is 0. The van der Waals surface area contributed by atoms with Crippen molar-refractivity contribution < 1.29 is 28.3 Å². The van der Waals surface area contributed by atoms with Gasteiger partial charge in [-0.1, -0.05) is 45.0 Å². The fraction of sp³-hybridized carbons (Fsp3) is 0.333. The van der Waals surface area contributed by atoms with E-state index in [1.54, 1.807) is 51.1 Å². The summed E-state index contributed by atoms with van der Waals surface area (Å²) in [6.45, 7) is 5.06. The fourth-order valence-electron chi connectivity index (χ4n) is 4.07. The van der Waals surface area contributed by atoms with Crippen molar-refractivity contribution in [1.29, 1.82) is 0 Å². The first-order chi connectivity index (χ1) is 19.5. The van der Waals surface area contributed by atoms with Gasteiger partial charge in [-0.3, -0.25) is 19.1 Å². The van der Waals surface area contributed by atoms with Crippen LogP contribution in [-0.2, 0) is 17.9 Å². The summed E-state index contributed by atoms with van der Waals surface area (Å²) < 4.78 is 21.6. The van der Waals surface area contributed by atoms with Gasteiger partial charge in [-0.15, -0.1) is 10.2 Å². The molecule has 0 aliphatic carbocycles. The highest BCUT2D eigenvalue weighted by Gasteiger charge is 2.34. The summed E-state index contributed by atoms with van der Waals surface area (Å²) >= 11 is 0. The fourth-order valence-corrected chi connectivity index (χ4v) is 4.07. The molecule has 0 bridgehead atoms. The third kappa shape index (κ3) is 6.84. The van der Waals surface area contributed by atoms with Crippen LogP contribution in [0.4, 0.5) is 10.1 Å². The van der Waals surface area contributed by atoms with Gasteiger partial charge in [0.1, 0.15) is 17.4 Å². The molecule has 1 unspecified atom stereocenters. The summed E-state index contributed by atoms with van der Waals surface area (Å²) in [6.07, 6.45) is 0. The van der Waals surface area contributed by atoms with Gasteiger partial charge < -0.3 is 31.2 Å². The average Bonchev–Trinajstić information content (AvgIpc) is 3.55. The number of nitrogens with one attached hydrogen (secondary N) is 3. The van der Waals surface area contributed by atoms with Gasteiger partial charge in [-0.05, 0) is 29.2 Å². The largest absolute Gasteiger partial charge is 0.415 e. The number of fused-ring (bicyclic) bond motifs is 1. The molecular weight excluding hydrogens is 535 g/mol. The summed E-state index contributed by atoms with van der Waals surface area (Å²) in [4.78, 5) is 38.5. The van der Waals surface area contributed by atoms with Gasteiger partial charge in [0.2, 0.25) is 11.8 Å². The van der Waals surface area contributed by atoms with Crippen LogP contribution in [0.2, 0.25) is 0 Å². The van der Waals surface area contributed by atoms with E-state index in [1.807, 2.05) is 0 Å². The minimum Gasteiger partial charge on any atom is -0.415 e. The number of benzene rings is 2. The molecule has 2 aromatic carbocycles. The normalized spacial score (nSPS) is 12.2. The van der Waals surface area contributed by atoms with Crippen molar-refractivity contribution in [3.05, 3.63) is 71.3 Å². The number of amides is 3. The lowest BCUT2D eigenvalue weighted by molar-refractivity contribution is -0.125. The zero-order chi connectivity index (χ0) is 29.7. The summed E-state index contributed by atoms with van der Waals surface area (Å²) in [5.74, 6) is -2.77. The van der Waals surface area contributed by atoms with Crippen LogP contribution in [0.5, 0.6) is 0 Å². The Hall–Kier alpha value is -4.85. The van der Waals surface area contributed by atoms with Crippen molar-refractivity contribution in [2.24, 2.45) is 5.41 Å². The number of carbonyl (C=O) groups excluding carboxylic acids is 3. The van der Waals surface area contributed by atoms with E-state index in [0.29, 0.717) is 11.1 Å². The molecule has 216 valence electrons. The molecule has 41 heavy (non-hydrogen) atoms. The van der Waals surface area contributed by atoms with Crippen LogP contribution in [0.3, 0.4) is 0 Å². The van der Waals surface area contributed by atoms with Crippen molar-refractivity contribution in [1.82, 2.24) is 35.9 Å². The van der Waals surface area contributed by atoms with E-state index in [1.165, 1.54) is 16.8 Å². The standard InChI is InChI=1S/C27H31FN8O5/c1-27(2,3)22(24(39)31-13-19-33-34-26(41-19)25(40)30-11-12-37)32-23(38)20-17-5-4-6-18(28)21(17)36(35-20)14-15-7-9-16(29)10-8-15/h4-10,22,37H,11-14,29H2,1-3H3,(H,30,40)(H,31,39)(H,32,38). The molecule has 0 saturated heterocycles. The van der Waals surface area contributed by atoms with Crippen molar-refractivity contribution >= 4 is 34.3 Å². The number of anilines is 1. The lowest BCUT2D eigenvalue weighted by Crippen LogP contribution is -2.53. The Bertz CT molecular complexity index is 1560. The lowest BCUT2D eigenvalue weighted by atomic mass is 9.86. The Kier molecular flexibility index (Phi) is 8.62. The van der Waals surface area contributed by atoms with Gasteiger partial charge in [0, 0.05) is 17.6 Å². The number of aliphatic hydroxyl groups is 1.